The van der Waals surface area contributed by atoms with E-state index in [9.17, 15) is 19.6 Å². The lowest BCUT2D eigenvalue weighted by Gasteiger charge is -2.07. The Morgan fingerprint density at radius 2 is 1.57 bits per heavy atom. The lowest BCUT2D eigenvalue weighted by atomic mass is 10.1. The van der Waals surface area contributed by atoms with E-state index in [0.717, 1.165) is 5.56 Å². The number of nitrogens with one attached hydrogen (secondary N) is 3. The van der Waals surface area contributed by atoms with Gasteiger partial charge in [0.05, 0.1) is 5.56 Å². The highest BCUT2D eigenvalue weighted by molar-refractivity contribution is 6.06. The Kier molecular flexibility index (Phi) is 6.88. The largest absolute Gasteiger partial charge is 0.478 e. The molecule has 0 bridgehead atoms. The number of amides is 2. The lowest BCUT2D eigenvalue weighted by Crippen LogP contribution is -2.16. The van der Waals surface area contributed by atoms with Crippen LogP contribution >= 0.6 is 0 Å². The van der Waals surface area contributed by atoms with Crippen LogP contribution in [0.1, 0.15) is 22.8 Å². The zero-order valence-electron chi connectivity index (χ0n) is 15.0. The van der Waals surface area contributed by atoms with E-state index in [-0.39, 0.29) is 17.0 Å². The Labute approximate surface area is 161 Å². The van der Waals surface area contributed by atoms with E-state index in [2.05, 4.69) is 16.0 Å². The summed E-state index contributed by atoms with van der Waals surface area (Å²) in [5.74, 6) is -1.79. The maximum Gasteiger partial charge on any atom is 0.335 e. The van der Waals surface area contributed by atoms with Crippen molar-refractivity contribution in [3.05, 3.63) is 71.4 Å². The van der Waals surface area contributed by atoms with E-state index >= 15 is 0 Å². The van der Waals surface area contributed by atoms with Crippen molar-refractivity contribution in [1.82, 2.24) is 5.32 Å². The molecule has 4 N–H and O–H groups in total. The molecule has 0 unspecified atom stereocenters. The summed E-state index contributed by atoms with van der Waals surface area (Å²) in [7, 11) is 0. The van der Waals surface area contributed by atoms with E-state index in [4.69, 9.17) is 5.11 Å². The van der Waals surface area contributed by atoms with E-state index in [1.165, 1.54) is 25.3 Å². The molecular weight excluding hydrogens is 360 g/mol. The molecule has 142 valence electrons. The number of benzene rings is 2. The Morgan fingerprint density at radius 1 is 1.00 bits per heavy atom. The van der Waals surface area contributed by atoms with Crippen molar-refractivity contribution >= 4 is 29.2 Å². The van der Waals surface area contributed by atoms with Gasteiger partial charge in [0, 0.05) is 31.0 Å². The van der Waals surface area contributed by atoms with Gasteiger partial charge in [-0.05, 0) is 42.0 Å². The Bertz CT molecular complexity index is 942. The van der Waals surface area contributed by atoms with Crippen LogP contribution in [0.25, 0.3) is 0 Å². The molecule has 2 aromatic carbocycles. The second-order valence-electron chi connectivity index (χ2n) is 5.77. The highest BCUT2D eigenvalue weighted by atomic mass is 16.4. The molecule has 8 nitrogen and oxygen atoms in total. The van der Waals surface area contributed by atoms with Crippen LogP contribution < -0.4 is 16.0 Å². The molecule has 0 saturated carbocycles. The van der Waals surface area contributed by atoms with Crippen LogP contribution in [-0.4, -0.2) is 22.9 Å². The van der Waals surface area contributed by atoms with Crippen LogP contribution in [0.3, 0.4) is 0 Å². The molecule has 28 heavy (non-hydrogen) atoms. The van der Waals surface area contributed by atoms with Gasteiger partial charge in [-0.15, -0.1) is 0 Å². The summed E-state index contributed by atoms with van der Waals surface area (Å²) in [6, 6.07) is 14.5. The molecule has 0 saturated heterocycles. The third-order valence-electron chi connectivity index (χ3n) is 3.58. The molecule has 0 aliphatic rings. The summed E-state index contributed by atoms with van der Waals surface area (Å²) >= 11 is 0. The average molecular weight is 378 g/mol. The molecule has 0 heterocycles. The van der Waals surface area contributed by atoms with Gasteiger partial charge in [-0.2, -0.15) is 5.26 Å². The summed E-state index contributed by atoms with van der Waals surface area (Å²) in [5, 5.41) is 26.1. The molecular formula is C20H18N4O4. The van der Waals surface area contributed by atoms with Crippen molar-refractivity contribution < 1.29 is 19.5 Å². The van der Waals surface area contributed by atoms with Crippen LogP contribution in [0, 0.1) is 11.3 Å². The second kappa shape index (κ2) is 9.54. The number of carbonyl (C=O) groups is 3. The fourth-order valence-corrected chi connectivity index (χ4v) is 2.22. The first-order chi connectivity index (χ1) is 13.4. The summed E-state index contributed by atoms with van der Waals surface area (Å²) in [4.78, 5) is 34.0. The van der Waals surface area contributed by atoms with Crippen molar-refractivity contribution in [2.75, 3.05) is 10.6 Å². The minimum atomic E-state index is -1.01. The van der Waals surface area contributed by atoms with E-state index in [1.807, 2.05) is 6.07 Å². The predicted octanol–water partition coefficient (Wildman–Crippen LogP) is 2.48. The number of hydrogen-bond donors (Lipinski definition) is 4. The SMILES string of the molecule is CC(=O)Nc1ccc(NC(=O)/C(C#N)=C\NCc2ccc(C(=O)O)cc2)cc1. The number of nitrogens with zero attached hydrogens (tertiary/aromatic N) is 1. The maximum absolute atomic E-state index is 12.2. The monoisotopic (exact) mass is 378 g/mol. The topological polar surface area (TPSA) is 131 Å². The quantitative estimate of drug-likeness (QED) is 0.432. The smallest absolute Gasteiger partial charge is 0.335 e. The number of rotatable bonds is 7. The third kappa shape index (κ3) is 6.00. The molecule has 0 radical (unpaired) electrons. The van der Waals surface area contributed by atoms with Gasteiger partial charge >= 0.3 is 5.97 Å². The van der Waals surface area contributed by atoms with Crippen molar-refractivity contribution in [2.24, 2.45) is 0 Å². The lowest BCUT2D eigenvalue weighted by molar-refractivity contribution is -0.114. The zero-order valence-corrected chi connectivity index (χ0v) is 15.0. The number of anilines is 2. The molecule has 2 amide bonds. The minimum Gasteiger partial charge on any atom is -0.478 e. The Hall–Kier alpha value is -4.12. The summed E-state index contributed by atoms with van der Waals surface area (Å²) in [6.45, 7) is 1.72. The minimum absolute atomic E-state index is 0.118. The van der Waals surface area contributed by atoms with Crippen molar-refractivity contribution in [2.45, 2.75) is 13.5 Å². The van der Waals surface area contributed by atoms with Crippen LogP contribution in [0.4, 0.5) is 11.4 Å². The van der Waals surface area contributed by atoms with Crippen LogP contribution in [0.15, 0.2) is 60.3 Å². The Morgan fingerprint density at radius 3 is 2.07 bits per heavy atom. The van der Waals surface area contributed by atoms with Gasteiger partial charge in [0.25, 0.3) is 5.91 Å². The molecule has 2 aromatic rings. The van der Waals surface area contributed by atoms with E-state index in [0.29, 0.717) is 17.9 Å². The maximum atomic E-state index is 12.2. The predicted molar refractivity (Wildman–Crippen MR) is 103 cm³/mol. The fourth-order valence-electron chi connectivity index (χ4n) is 2.22. The van der Waals surface area contributed by atoms with Gasteiger partial charge in [-0.3, -0.25) is 9.59 Å². The number of nitriles is 1. The van der Waals surface area contributed by atoms with Crippen LogP contribution in [0.2, 0.25) is 0 Å². The molecule has 8 heteroatoms. The fraction of sp³-hybridized carbons (Fsp3) is 0.100. The molecule has 0 aliphatic heterocycles. The molecule has 0 aliphatic carbocycles. The average Bonchev–Trinajstić information content (AvgIpc) is 2.66. The van der Waals surface area contributed by atoms with Gasteiger partial charge < -0.3 is 21.1 Å². The highest BCUT2D eigenvalue weighted by Crippen LogP contribution is 2.14. The zero-order chi connectivity index (χ0) is 20.5. The molecule has 0 fully saturated rings. The van der Waals surface area contributed by atoms with Crippen LogP contribution in [0.5, 0.6) is 0 Å². The number of carbonyl (C=O) groups excluding carboxylic acids is 2. The Balaban J connectivity index is 1.94. The van der Waals surface area contributed by atoms with E-state index < -0.39 is 11.9 Å². The second-order valence-corrected chi connectivity index (χ2v) is 5.77. The summed E-state index contributed by atoms with van der Waals surface area (Å²) in [5.41, 5.74) is 1.93. The number of aromatic carboxylic acids is 1. The summed E-state index contributed by atoms with van der Waals surface area (Å²) in [6.07, 6.45) is 1.30. The standard InChI is InChI=1S/C20H18N4O4/c1-13(25)23-17-6-8-18(9-7-17)24-19(26)16(10-21)12-22-11-14-2-4-15(5-3-14)20(27)28/h2-9,12,22H,11H2,1H3,(H,23,25)(H,24,26)(H,27,28)/b16-12-. The van der Waals surface area contributed by atoms with E-state index in [1.54, 1.807) is 36.4 Å². The van der Waals surface area contributed by atoms with Gasteiger partial charge in [-0.1, -0.05) is 12.1 Å². The van der Waals surface area contributed by atoms with Gasteiger partial charge in [0.1, 0.15) is 11.6 Å². The first kappa shape index (κ1) is 20.2. The molecule has 0 atom stereocenters. The van der Waals surface area contributed by atoms with Crippen molar-refractivity contribution in [3.63, 3.8) is 0 Å². The van der Waals surface area contributed by atoms with Gasteiger partial charge in [0.15, 0.2) is 0 Å². The van der Waals surface area contributed by atoms with Crippen LogP contribution in [-0.2, 0) is 16.1 Å². The number of hydrogen-bond acceptors (Lipinski definition) is 5. The number of carboxylic acids is 1. The summed E-state index contributed by atoms with van der Waals surface area (Å²) < 4.78 is 0. The van der Waals surface area contributed by atoms with Gasteiger partial charge in [-0.25, -0.2) is 4.79 Å². The first-order valence-corrected chi connectivity index (χ1v) is 8.24. The first-order valence-electron chi connectivity index (χ1n) is 8.24. The van der Waals surface area contributed by atoms with Crippen molar-refractivity contribution in [3.8, 4) is 6.07 Å². The normalized spacial score (nSPS) is 10.5. The molecule has 2 rings (SSSR count). The molecule has 0 aromatic heterocycles. The number of carboxylic acid groups (broad SMARTS) is 1. The van der Waals surface area contributed by atoms with Gasteiger partial charge in [0.2, 0.25) is 5.91 Å². The third-order valence-corrected chi connectivity index (χ3v) is 3.58. The van der Waals surface area contributed by atoms with Crippen molar-refractivity contribution in [1.29, 1.82) is 5.26 Å². The molecule has 0 spiro atoms. The highest BCUT2D eigenvalue weighted by Gasteiger charge is 2.09.